The van der Waals surface area contributed by atoms with Crippen LogP contribution in [0, 0.1) is 5.92 Å². The van der Waals surface area contributed by atoms with Crippen molar-refractivity contribution in [1.82, 2.24) is 15.5 Å². The van der Waals surface area contributed by atoms with Crippen molar-refractivity contribution < 1.29 is 0 Å². The quantitative estimate of drug-likeness (QED) is 0.654. The molecule has 12 heavy (non-hydrogen) atoms. The van der Waals surface area contributed by atoms with Crippen LogP contribution in [0.5, 0.6) is 0 Å². The van der Waals surface area contributed by atoms with Gasteiger partial charge in [-0.05, 0) is 30.4 Å². The number of aromatic amines is 1. The standard InChI is InChI=1S/C9H15N3/c1-7-2-8(4-10-3-7)9-5-11-12-6-9/h5-8,10H,2-4H2,1H3,(H,11,12)/t7-,8+/m1/s1. The number of rotatable bonds is 1. The molecule has 3 nitrogen and oxygen atoms in total. The Labute approximate surface area is 72.6 Å². The Hall–Kier alpha value is -0.830. The Morgan fingerprint density at radius 1 is 1.50 bits per heavy atom. The number of nitrogens with one attached hydrogen (secondary N) is 2. The minimum absolute atomic E-state index is 0.660. The zero-order valence-corrected chi connectivity index (χ0v) is 7.38. The maximum atomic E-state index is 3.97. The van der Waals surface area contributed by atoms with E-state index in [1.165, 1.54) is 12.0 Å². The first-order valence-corrected chi connectivity index (χ1v) is 4.55. The average Bonchev–Trinajstić information content (AvgIpc) is 2.56. The molecule has 0 unspecified atom stereocenters. The highest BCUT2D eigenvalue weighted by atomic mass is 15.1. The van der Waals surface area contributed by atoms with Gasteiger partial charge in [0.25, 0.3) is 0 Å². The molecule has 1 fully saturated rings. The van der Waals surface area contributed by atoms with Crippen molar-refractivity contribution in [3.63, 3.8) is 0 Å². The van der Waals surface area contributed by atoms with E-state index < -0.39 is 0 Å². The van der Waals surface area contributed by atoms with Gasteiger partial charge < -0.3 is 5.32 Å². The van der Waals surface area contributed by atoms with Gasteiger partial charge in [-0.3, -0.25) is 5.10 Å². The Morgan fingerprint density at radius 2 is 2.42 bits per heavy atom. The van der Waals surface area contributed by atoms with Gasteiger partial charge in [-0.1, -0.05) is 6.92 Å². The van der Waals surface area contributed by atoms with Gasteiger partial charge >= 0.3 is 0 Å². The van der Waals surface area contributed by atoms with E-state index in [0.717, 1.165) is 19.0 Å². The van der Waals surface area contributed by atoms with Crippen molar-refractivity contribution >= 4 is 0 Å². The molecule has 0 saturated carbocycles. The van der Waals surface area contributed by atoms with Crippen molar-refractivity contribution in [3.8, 4) is 0 Å². The highest BCUT2D eigenvalue weighted by molar-refractivity contribution is 5.12. The molecule has 0 aromatic carbocycles. The van der Waals surface area contributed by atoms with Crippen molar-refractivity contribution in [3.05, 3.63) is 18.0 Å². The minimum Gasteiger partial charge on any atom is -0.316 e. The maximum absolute atomic E-state index is 3.97. The summed E-state index contributed by atoms with van der Waals surface area (Å²) in [6.07, 6.45) is 5.22. The molecular weight excluding hydrogens is 150 g/mol. The number of aromatic nitrogens is 2. The fourth-order valence-electron chi connectivity index (χ4n) is 1.89. The van der Waals surface area contributed by atoms with Crippen LogP contribution in [0.3, 0.4) is 0 Å². The van der Waals surface area contributed by atoms with Crippen LogP contribution in [-0.2, 0) is 0 Å². The molecule has 1 aliphatic rings. The Balaban J connectivity index is 2.04. The van der Waals surface area contributed by atoms with Gasteiger partial charge in [0.2, 0.25) is 0 Å². The number of hydrogen-bond donors (Lipinski definition) is 2. The van der Waals surface area contributed by atoms with E-state index >= 15 is 0 Å². The fraction of sp³-hybridized carbons (Fsp3) is 0.667. The molecule has 0 bridgehead atoms. The first-order valence-electron chi connectivity index (χ1n) is 4.55. The van der Waals surface area contributed by atoms with E-state index in [1.54, 1.807) is 0 Å². The van der Waals surface area contributed by atoms with Crippen LogP contribution in [0.4, 0.5) is 0 Å². The van der Waals surface area contributed by atoms with Gasteiger partial charge in [-0.2, -0.15) is 5.10 Å². The number of hydrogen-bond acceptors (Lipinski definition) is 2. The molecular formula is C9H15N3. The lowest BCUT2D eigenvalue weighted by Crippen LogP contribution is -2.33. The maximum Gasteiger partial charge on any atom is 0.0522 e. The van der Waals surface area contributed by atoms with E-state index in [2.05, 4.69) is 22.4 Å². The predicted molar refractivity (Wildman–Crippen MR) is 48.0 cm³/mol. The zero-order chi connectivity index (χ0) is 8.39. The van der Waals surface area contributed by atoms with Gasteiger partial charge in [-0.25, -0.2) is 0 Å². The molecule has 66 valence electrons. The third-order valence-electron chi connectivity index (χ3n) is 2.56. The second-order valence-corrected chi connectivity index (χ2v) is 3.73. The van der Waals surface area contributed by atoms with Crippen molar-refractivity contribution in [2.75, 3.05) is 13.1 Å². The molecule has 2 heterocycles. The van der Waals surface area contributed by atoms with E-state index in [-0.39, 0.29) is 0 Å². The minimum atomic E-state index is 0.660. The Bertz CT molecular complexity index is 230. The summed E-state index contributed by atoms with van der Waals surface area (Å²) >= 11 is 0. The van der Waals surface area contributed by atoms with Gasteiger partial charge in [0.1, 0.15) is 0 Å². The number of piperidine rings is 1. The monoisotopic (exact) mass is 165 g/mol. The summed E-state index contributed by atoms with van der Waals surface area (Å²) in [5.74, 6) is 1.45. The van der Waals surface area contributed by atoms with Gasteiger partial charge in [0.15, 0.2) is 0 Å². The molecule has 2 rings (SSSR count). The molecule has 3 heteroatoms. The summed E-state index contributed by atoms with van der Waals surface area (Å²) in [5.41, 5.74) is 1.34. The van der Waals surface area contributed by atoms with Crippen molar-refractivity contribution in [1.29, 1.82) is 0 Å². The van der Waals surface area contributed by atoms with Gasteiger partial charge in [-0.15, -0.1) is 0 Å². The summed E-state index contributed by atoms with van der Waals surface area (Å²) in [5, 5.41) is 10.3. The highest BCUT2D eigenvalue weighted by Gasteiger charge is 2.20. The van der Waals surface area contributed by atoms with Crippen LogP contribution in [0.1, 0.15) is 24.8 Å². The first-order chi connectivity index (χ1) is 5.86. The molecule has 0 aliphatic carbocycles. The van der Waals surface area contributed by atoms with Crippen LogP contribution in [-0.4, -0.2) is 23.3 Å². The molecule has 2 atom stereocenters. The largest absolute Gasteiger partial charge is 0.316 e. The van der Waals surface area contributed by atoms with Crippen LogP contribution in [0.15, 0.2) is 12.4 Å². The second kappa shape index (κ2) is 3.27. The molecule has 1 aliphatic heterocycles. The predicted octanol–water partition coefficient (Wildman–Crippen LogP) is 1.12. The topological polar surface area (TPSA) is 40.7 Å². The van der Waals surface area contributed by atoms with E-state index in [1.807, 2.05) is 12.4 Å². The molecule has 2 N–H and O–H groups in total. The molecule has 1 aromatic heterocycles. The van der Waals surface area contributed by atoms with Gasteiger partial charge in [0.05, 0.1) is 6.20 Å². The Morgan fingerprint density at radius 3 is 3.08 bits per heavy atom. The lowest BCUT2D eigenvalue weighted by atomic mass is 9.88. The van der Waals surface area contributed by atoms with Crippen LogP contribution in [0.2, 0.25) is 0 Å². The SMILES string of the molecule is C[C@H]1CNC[C@@H](c2cn[nH]c2)C1. The molecule has 1 saturated heterocycles. The normalized spacial score (nSPS) is 30.4. The van der Waals surface area contributed by atoms with Gasteiger partial charge in [0, 0.05) is 12.7 Å². The lowest BCUT2D eigenvalue weighted by Gasteiger charge is -2.26. The smallest absolute Gasteiger partial charge is 0.0522 e. The number of H-pyrrole nitrogens is 1. The van der Waals surface area contributed by atoms with E-state index in [0.29, 0.717) is 5.92 Å². The summed E-state index contributed by atoms with van der Waals surface area (Å²) in [7, 11) is 0. The van der Waals surface area contributed by atoms with Crippen molar-refractivity contribution in [2.24, 2.45) is 5.92 Å². The highest BCUT2D eigenvalue weighted by Crippen LogP contribution is 2.24. The van der Waals surface area contributed by atoms with Crippen LogP contribution < -0.4 is 5.32 Å². The lowest BCUT2D eigenvalue weighted by molar-refractivity contribution is 0.364. The molecule has 0 radical (unpaired) electrons. The van der Waals surface area contributed by atoms with Crippen LogP contribution in [0.25, 0.3) is 0 Å². The second-order valence-electron chi connectivity index (χ2n) is 3.73. The Kier molecular flexibility index (Phi) is 2.13. The third-order valence-corrected chi connectivity index (χ3v) is 2.56. The zero-order valence-electron chi connectivity index (χ0n) is 7.38. The third kappa shape index (κ3) is 1.50. The first kappa shape index (κ1) is 7.80. The summed E-state index contributed by atoms with van der Waals surface area (Å²) < 4.78 is 0. The average molecular weight is 165 g/mol. The molecule has 0 amide bonds. The fourth-order valence-corrected chi connectivity index (χ4v) is 1.89. The summed E-state index contributed by atoms with van der Waals surface area (Å²) in [6, 6.07) is 0. The van der Waals surface area contributed by atoms with Crippen LogP contribution >= 0.6 is 0 Å². The van der Waals surface area contributed by atoms with E-state index in [9.17, 15) is 0 Å². The summed E-state index contributed by atoms with van der Waals surface area (Å²) in [4.78, 5) is 0. The van der Waals surface area contributed by atoms with E-state index in [4.69, 9.17) is 0 Å². The number of nitrogens with zero attached hydrogens (tertiary/aromatic N) is 1. The van der Waals surface area contributed by atoms with Crippen molar-refractivity contribution in [2.45, 2.75) is 19.3 Å². The molecule has 0 spiro atoms. The summed E-state index contributed by atoms with van der Waals surface area (Å²) in [6.45, 7) is 4.55. The molecule has 1 aromatic rings.